The van der Waals surface area contributed by atoms with Gasteiger partial charge in [-0.2, -0.15) is 5.10 Å². The van der Waals surface area contributed by atoms with E-state index in [9.17, 15) is 0 Å². The zero-order chi connectivity index (χ0) is 27.2. The summed E-state index contributed by atoms with van der Waals surface area (Å²) in [6, 6.07) is 20.2. The minimum atomic E-state index is 0.754. The maximum Gasteiger partial charge on any atom is 0.159 e. The highest BCUT2D eigenvalue weighted by Gasteiger charge is 2.26. The molecular weight excluding hydrogens is 510 g/mol. The summed E-state index contributed by atoms with van der Waals surface area (Å²) in [6.45, 7) is 6.36. The normalized spacial score (nSPS) is 18.2. The number of aromatic amines is 2. The van der Waals surface area contributed by atoms with Gasteiger partial charge in [0.15, 0.2) is 5.82 Å². The number of nitrogens with zero attached hydrogens (tertiary/aromatic N) is 4. The first kappa shape index (κ1) is 24.7. The first-order chi connectivity index (χ1) is 20.3. The van der Waals surface area contributed by atoms with Gasteiger partial charge in [0.05, 0.1) is 23.2 Å². The van der Waals surface area contributed by atoms with Crippen LogP contribution >= 0.6 is 0 Å². The molecule has 0 spiro atoms. The second-order valence-electron chi connectivity index (χ2n) is 11.8. The van der Waals surface area contributed by atoms with Crippen LogP contribution in [0.25, 0.3) is 33.5 Å². The van der Waals surface area contributed by atoms with E-state index >= 15 is 0 Å². The Morgan fingerprint density at radius 1 is 0.902 bits per heavy atom. The molecule has 0 unspecified atom stereocenters. The fourth-order valence-electron chi connectivity index (χ4n) is 6.94. The first-order valence-electron chi connectivity index (χ1n) is 15.2. The molecule has 210 valence electrons. The van der Waals surface area contributed by atoms with Crippen LogP contribution in [0.15, 0.2) is 54.6 Å². The first-order valence-corrected chi connectivity index (χ1v) is 15.2. The van der Waals surface area contributed by atoms with Gasteiger partial charge in [-0.15, -0.1) is 0 Å². The van der Waals surface area contributed by atoms with Crippen molar-refractivity contribution in [2.75, 3.05) is 43.0 Å². The lowest BCUT2D eigenvalue weighted by molar-refractivity contribution is 0.141. The molecule has 3 N–H and O–H groups in total. The van der Waals surface area contributed by atoms with Gasteiger partial charge in [0, 0.05) is 48.9 Å². The SMILES string of the molecule is c1cc2c(cc1CNc1ccc3[nH]nc(-c4nc5ccc(N6CCC(N7CCCCC7)CC6)cc5[nH]4)c3c1)CCO2. The van der Waals surface area contributed by atoms with Crippen LogP contribution in [-0.4, -0.2) is 63.9 Å². The van der Waals surface area contributed by atoms with Crippen LogP contribution in [0.2, 0.25) is 0 Å². The number of piperidine rings is 2. The molecular formula is C33H37N7O. The highest BCUT2D eigenvalue weighted by atomic mass is 16.5. The third-order valence-electron chi connectivity index (χ3n) is 9.24. The topological polar surface area (TPSA) is 85.1 Å². The van der Waals surface area contributed by atoms with Crippen molar-refractivity contribution < 1.29 is 4.74 Å². The zero-order valence-corrected chi connectivity index (χ0v) is 23.5. The van der Waals surface area contributed by atoms with E-state index in [1.165, 1.54) is 62.0 Å². The maximum atomic E-state index is 5.65. The van der Waals surface area contributed by atoms with Crippen molar-refractivity contribution in [2.24, 2.45) is 0 Å². The van der Waals surface area contributed by atoms with Gasteiger partial charge in [-0.25, -0.2) is 4.98 Å². The number of fused-ring (bicyclic) bond motifs is 3. The molecule has 0 saturated carbocycles. The third kappa shape index (κ3) is 4.80. The summed E-state index contributed by atoms with van der Waals surface area (Å²) in [5.74, 6) is 1.82. The van der Waals surface area contributed by atoms with Gasteiger partial charge in [0.2, 0.25) is 0 Å². The number of benzene rings is 3. The molecule has 0 atom stereocenters. The number of nitrogens with one attached hydrogen (secondary N) is 3. The number of ether oxygens (including phenoxy) is 1. The van der Waals surface area contributed by atoms with E-state index in [1.807, 2.05) is 0 Å². The van der Waals surface area contributed by atoms with Gasteiger partial charge in [0.1, 0.15) is 11.4 Å². The highest BCUT2D eigenvalue weighted by Crippen LogP contribution is 2.32. The molecule has 0 amide bonds. The van der Waals surface area contributed by atoms with Crippen molar-refractivity contribution in [1.82, 2.24) is 25.1 Å². The number of rotatable bonds is 6. The Bertz CT molecular complexity index is 1690. The second kappa shape index (κ2) is 10.4. The van der Waals surface area contributed by atoms with Crippen LogP contribution in [0.4, 0.5) is 11.4 Å². The second-order valence-corrected chi connectivity index (χ2v) is 11.8. The molecule has 2 aromatic heterocycles. The number of anilines is 2. The van der Waals surface area contributed by atoms with Crippen molar-refractivity contribution in [3.63, 3.8) is 0 Å². The Morgan fingerprint density at radius 2 is 1.80 bits per heavy atom. The molecule has 8 heteroatoms. The van der Waals surface area contributed by atoms with E-state index in [-0.39, 0.29) is 0 Å². The lowest BCUT2D eigenvalue weighted by Gasteiger charge is -2.41. The fraction of sp³-hybridized carbons (Fsp3) is 0.394. The number of hydrogen-bond donors (Lipinski definition) is 3. The van der Waals surface area contributed by atoms with Gasteiger partial charge < -0.3 is 24.8 Å². The molecule has 5 heterocycles. The van der Waals surface area contributed by atoms with E-state index < -0.39 is 0 Å². The minimum Gasteiger partial charge on any atom is -0.493 e. The molecule has 3 aliphatic heterocycles. The van der Waals surface area contributed by atoms with Crippen molar-refractivity contribution in [3.8, 4) is 17.3 Å². The van der Waals surface area contributed by atoms with Crippen LogP contribution in [-0.2, 0) is 13.0 Å². The Kier molecular flexibility index (Phi) is 6.28. The summed E-state index contributed by atoms with van der Waals surface area (Å²) < 4.78 is 5.65. The molecule has 3 aliphatic rings. The highest BCUT2D eigenvalue weighted by molar-refractivity contribution is 5.95. The molecule has 5 aromatic rings. The standard InChI is InChI=1S/C33H37N7O/c1-2-13-39(14-3-1)25-10-15-40(16-11-25)26-6-8-29-30(20-26)36-33(35-29)32-27-19-24(5-7-28(27)37-38-32)34-21-22-4-9-31-23(18-22)12-17-41-31/h4-9,18-20,25,34H,1-3,10-17,21H2,(H,35,36)(H,37,38). The number of hydrogen-bond acceptors (Lipinski definition) is 6. The predicted octanol–water partition coefficient (Wildman–Crippen LogP) is 6.11. The summed E-state index contributed by atoms with van der Waals surface area (Å²) in [7, 11) is 0. The van der Waals surface area contributed by atoms with Crippen molar-refractivity contribution in [3.05, 3.63) is 65.7 Å². The average molecular weight is 548 g/mol. The van der Waals surface area contributed by atoms with E-state index in [0.29, 0.717) is 0 Å². The molecule has 2 saturated heterocycles. The molecule has 2 fully saturated rings. The molecule has 8 rings (SSSR count). The van der Waals surface area contributed by atoms with Gasteiger partial charge in [0.25, 0.3) is 0 Å². The van der Waals surface area contributed by atoms with E-state index in [0.717, 1.165) is 83.6 Å². The summed E-state index contributed by atoms with van der Waals surface area (Å²) in [5, 5.41) is 12.5. The van der Waals surface area contributed by atoms with E-state index in [2.05, 4.69) is 84.9 Å². The lowest BCUT2D eigenvalue weighted by atomic mass is 9.99. The number of likely N-dealkylation sites (tertiary alicyclic amines) is 1. The largest absolute Gasteiger partial charge is 0.493 e. The Balaban J connectivity index is 0.990. The molecule has 0 bridgehead atoms. The summed E-state index contributed by atoms with van der Waals surface area (Å²) in [4.78, 5) is 13.8. The van der Waals surface area contributed by atoms with Gasteiger partial charge in [-0.05, 0) is 92.4 Å². The number of H-pyrrole nitrogens is 2. The van der Waals surface area contributed by atoms with Crippen molar-refractivity contribution in [1.29, 1.82) is 0 Å². The number of aromatic nitrogens is 4. The smallest absolute Gasteiger partial charge is 0.159 e. The van der Waals surface area contributed by atoms with Gasteiger partial charge in [-0.1, -0.05) is 18.6 Å². The summed E-state index contributed by atoms with van der Waals surface area (Å²) in [6.07, 6.45) is 7.63. The van der Waals surface area contributed by atoms with Crippen molar-refractivity contribution >= 4 is 33.3 Å². The molecule has 0 radical (unpaired) electrons. The maximum absolute atomic E-state index is 5.65. The molecule has 0 aliphatic carbocycles. The van der Waals surface area contributed by atoms with Crippen molar-refractivity contribution in [2.45, 2.75) is 51.1 Å². The van der Waals surface area contributed by atoms with E-state index in [4.69, 9.17) is 9.72 Å². The Hall–Kier alpha value is -4.04. The number of imidazole rings is 1. The summed E-state index contributed by atoms with van der Waals surface area (Å²) in [5.41, 5.74) is 8.76. The molecule has 8 nitrogen and oxygen atoms in total. The quantitative estimate of drug-likeness (QED) is 0.238. The van der Waals surface area contributed by atoms with Crippen LogP contribution in [0.5, 0.6) is 5.75 Å². The van der Waals surface area contributed by atoms with Crippen LogP contribution in [0, 0.1) is 0 Å². The predicted molar refractivity (Wildman–Crippen MR) is 165 cm³/mol. The monoisotopic (exact) mass is 547 g/mol. The van der Waals surface area contributed by atoms with Crippen LogP contribution in [0.3, 0.4) is 0 Å². The van der Waals surface area contributed by atoms with Crippen LogP contribution < -0.4 is 15.0 Å². The average Bonchev–Trinajstić information content (AvgIpc) is 3.77. The zero-order valence-electron chi connectivity index (χ0n) is 23.5. The van der Waals surface area contributed by atoms with E-state index in [1.54, 1.807) is 0 Å². The lowest BCUT2D eigenvalue weighted by Crippen LogP contribution is -2.46. The van der Waals surface area contributed by atoms with Gasteiger partial charge in [-0.3, -0.25) is 5.10 Å². The fourth-order valence-corrected chi connectivity index (χ4v) is 6.94. The molecule has 41 heavy (non-hydrogen) atoms. The third-order valence-corrected chi connectivity index (χ3v) is 9.24. The van der Waals surface area contributed by atoms with Gasteiger partial charge >= 0.3 is 0 Å². The Morgan fingerprint density at radius 3 is 2.71 bits per heavy atom. The Labute approximate surface area is 240 Å². The minimum absolute atomic E-state index is 0.754. The summed E-state index contributed by atoms with van der Waals surface area (Å²) >= 11 is 0. The molecule has 3 aromatic carbocycles. The van der Waals surface area contributed by atoms with Crippen LogP contribution in [0.1, 0.15) is 43.2 Å².